The summed E-state index contributed by atoms with van der Waals surface area (Å²) < 4.78 is 31.4. The molecule has 2 radical (unpaired) electrons. The van der Waals surface area contributed by atoms with Crippen molar-refractivity contribution in [2.75, 3.05) is 12.7 Å². The van der Waals surface area contributed by atoms with Crippen molar-refractivity contribution in [2.45, 2.75) is 37.2 Å². The Balaban J connectivity index is 1.60. The highest BCUT2D eigenvalue weighted by molar-refractivity contribution is 8.08. The molecule has 1 aliphatic rings. The van der Waals surface area contributed by atoms with Gasteiger partial charge in [-0.2, -0.15) is 8.42 Å². The van der Waals surface area contributed by atoms with Gasteiger partial charge < -0.3 is 9.83 Å². The fourth-order valence-electron chi connectivity index (χ4n) is 4.62. The number of hydrogen-bond donors (Lipinski definition) is 1. The largest absolute Gasteiger partial charge is 0.437 e. The first kappa shape index (κ1) is 25.2. The van der Waals surface area contributed by atoms with Gasteiger partial charge in [-0.15, -0.1) is 0 Å². The molecule has 0 aliphatic carbocycles. The molecule has 174 valence electrons. The fraction of sp³-hybridized carbons (Fsp3) is 0.280. The van der Waals surface area contributed by atoms with Crippen LogP contribution in [-0.2, 0) is 14.3 Å². The first-order valence-electron chi connectivity index (χ1n) is 11.4. The Hall–Kier alpha value is -1.95. The van der Waals surface area contributed by atoms with Gasteiger partial charge in [0.2, 0.25) is 0 Å². The zero-order valence-corrected chi connectivity index (χ0v) is 21.2. The molecule has 3 aromatic rings. The molecule has 0 saturated carbocycles. The quantitative estimate of drug-likeness (QED) is 0.298. The van der Waals surface area contributed by atoms with Crippen molar-refractivity contribution in [3.63, 3.8) is 0 Å². The summed E-state index contributed by atoms with van der Waals surface area (Å²) in [4.78, 5) is 2.04. The molecule has 0 bridgehead atoms. The molecule has 34 heavy (non-hydrogen) atoms. The monoisotopic (exact) mass is 492 g/mol. The number of nitrogens with zero attached hydrogens (tertiary/aromatic N) is 1. The molecular formula is C25H29B2NO4PS+. The number of hydrogen-bond acceptors (Lipinski definition) is 5. The summed E-state index contributed by atoms with van der Waals surface area (Å²) in [6, 6.07) is 26.6. The second-order valence-electron chi connectivity index (χ2n) is 8.93. The minimum Gasteiger partial charge on any atom is -0.437 e. The third-order valence-electron chi connectivity index (χ3n) is 6.40. The lowest BCUT2D eigenvalue weighted by atomic mass is 9.84. The van der Waals surface area contributed by atoms with Crippen LogP contribution in [0.25, 0.3) is 0 Å². The van der Waals surface area contributed by atoms with E-state index in [0.29, 0.717) is 19.1 Å². The molecule has 3 aromatic carbocycles. The van der Waals surface area contributed by atoms with E-state index in [4.69, 9.17) is 11.7 Å². The Kier molecular flexibility index (Phi) is 7.66. The first-order valence-corrected chi connectivity index (χ1v) is 14.9. The fourth-order valence-corrected chi connectivity index (χ4v) is 8.85. The van der Waals surface area contributed by atoms with Crippen LogP contribution in [0.15, 0.2) is 89.8 Å². The smallest absolute Gasteiger partial charge is 0.377 e. The third-order valence-corrected chi connectivity index (χ3v) is 11.2. The minimum atomic E-state index is -3.91. The van der Waals surface area contributed by atoms with Gasteiger partial charge in [0, 0.05) is 19.7 Å². The maximum Gasteiger partial charge on any atom is 0.377 e. The van der Waals surface area contributed by atoms with Crippen molar-refractivity contribution in [1.82, 2.24) is 4.81 Å². The zero-order chi connectivity index (χ0) is 24.3. The Morgan fingerprint density at radius 2 is 1.53 bits per heavy atom. The molecule has 0 amide bonds. The maximum absolute atomic E-state index is 12.9. The Morgan fingerprint density at radius 3 is 2.03 bits per heavy atom. The van der Waals surface area contributed by atoms with Gasteiger partial charge in [-0.05, 0) is 56.6 Å². The van der Waals surface area contributed by atoms with Crippen molar-refractivity contribution in [3.8, 4) is 0 Å². The summed E-state index contributed by atoms with van der Waals surface area (Å²) in [5.41, 5.74) is 0.977. The topological polar surface area (TPSA) is 66.8 Å². The van der Waals surface area contributed by atoms with Gasteiger partial charge in [-0.1, -0.05) is 54.1 Å². The van der Waals surface area contributed by atoms with E-state index in [-0.39, 0.29) is 10.9 Å². The molecule has 0 aromatic heterocycles. The van der Waals surface area contributed by atoms with Gasteiger partial charge in [0.1, 0.15) is 0 Å². The van der Waals surface area contributed by atoms with Crippen LogP contribution in [0.5, 0.6) is 0 Å². The van der Waals surface area contributed by atoms with E-state index in [1.807, 2.05) is 48.1 Å². The van der Waals surface area contributed by atoms with E-state index in [9.17, 15) is 13.4 Å². The summed E-state index contributed by atoms with van der Waals surface area (Å²) in [7, 11) is 0.244. The molecule has 0 spiro atoms. The van der Waals surface area contributed by atoms with Crippen LogP contribution < -0.4 is 10.6 Å². The molecule has 9 heteroatoms. The summed E-state index contributed by atoms with van der Waals surface area (Å²) in [6.45, 7) is 3.92. The average molecular weight is 492 g/mol. The van der Waals surface area contributed by atoms with E-state index in [0.717, 1.165) is 16.2 Å². The number of benzene rings is 3. The predicted octanol–water partition coefficient (Wildman–Crippen LogP) is 3.01. The molecule has 1 heterocycles. The molecule has 1 fully saturated rings. The van der Waals surface area contributed by atoms with E-state index >= 15 is 0 Å². The van der Waals surface area contributed by atoms with Crippen molar-refractivity contribution in [3.05, 3.63) is 90.5 Å². The van der Waals surface area contributed by atoms with E-state index in [1.165, 1.54) is 0 Å². The standard InChI is InChI=1S/C25H29B2NO4PS/c1-20-13-15-25(16-14-20)34(30,31)32-22-17-21(28(18-22)27(2)29)19-33(26,23-9-5-3-6-10-23)24-11-7-4-8-12-24/h3-16,21-22,29H,17-19H2,1-2H3/q+1/t21-,22+/m0/s1. The van der Waals surface area contributed by atoms with Gasteiger partial charge in [-0.3, -0.25) is 4.18 Å². The molecule has 4 rings (SSSR count). The molecule has 1 aliphatic heterocycles. The van der Waals surface area contributed by atoms with Gasteiger partial charge in [0.05, 0.1) is 27.8 Å². The van der Waals surface area contributed by atoms with Gasteiger partial charge in [0.25, 0.3) is 10.1 Å². The summed E-state index contributed by atoms with van der Waals surface area (Å²) in [5, 5.41) is 12.7. The number of rotatable bonds is 8. The Bertz CT molecular complexity index is 1160. The van der Waals surface area contributed by atoms with Gasteiger partial charge in [-0.25, -0.2) is 0 Å². The highest BCUT2D eigenvalue weighted by Gasteiger charge is 2.47. The molecule has 1 N–H and O–H groups in total. The highest BCUT2D eigenvalue weighted by Crippen LogP contribution is 2.53. The highest BCUT2D eigenvalue weighted by atomic mass is 32.2. The normalized spacial score (nSPS) is 19.3. The van der Waals surface area contributed by atoms with Crippen LogP contribution in [0, 0.1) is 6.92 Å². The van der Waals surface area contributed by atoms with Crippen LogP contribution in [-0.4, -0.2) is 57.7 Å². The lowest BCUT2D eigenvalue weighted by Crippen LogP contribution is -2.45. The van der Waals surface area contributed by atoms with Crippen LogP contribution in [0.3, 0.4) is 0 Å². The minimum absolute atomic E-state index is 0.128. The van der Waals surface area contributed by atoms with Crippen LogP contribution in [0.4, 0.5) is 0 Å². The summed E-state index contributed by atoms with van der Waals surface area (Å²) in [6.07, 6.45) is 0.510. The first-order chi connectivity index (χ1) is 16.2. The van der Waals surface area contributed by atoms with Crippen molar-refractivity contribution in [2.24, 2.45) is 0 Å². The lowest BCUT2D eigenvalue weighted by molar-refractivity contribution is 0.220. The van der Waals surface area contributed by atoms with E-state index < -0.39 is 30.4 Å². The van der Waals surface area contributed by atoms with Crippen molar-refractivity contribution >= 4 is 42.5 Å². The predicted molar refractivity (Wildman–Crippen MR) is 142 cm³/mol. The average Bonchev–Trinajstić information content (AvgIpc) is 3.22. The molecule has 0 unspecified atom stereocenters. The van der Waals surface area contributed by atoms with Gasteiger partial charge in [0.15, 0.2) is 0 Å². The third kappa shape index (κ3) is 5.48. The molecule has 1 saturated heterocycles. The molecular weight excluding hydrogens is 463 g/mol. The molecule has 2 atom stereocenters. The van der Waals surface area contributed by atoms with Crippen molar-refractivity contribution in [1.29, 1.82) is 0 Å². The second kappa shape index (κ2) is 10.3. The zero-order valence-electron chi connectivity index (χ0n) is 19.5. The number of aryl methyl sites for hydroxylation is 1. The van der Waals surface area contributed by atoms with Crippen LogP contribution in [0.1, 0.15) is 12.0 Å². The van der Waals surface area contributed by atoms with Crippen molar-refractivity contribution < 1.29 is 17.6 Å². The maximum atomic E-state index is 12.9. The lowest BCUT2D eigenvalue weighted by Gasteiger charge is -2.31. The summed E-state index contributed by atoms with van der Waals surface area (Å²) >= 11 is 0. The Morgan fingerprint density at radius 1 is 1.00 bits per heavy atom. The van der Waals surface area contributed by atoms with Crippen LogP contribution >= 0.6 is 7.14 Å². The van der Waals surface area contributed by atoms with E-state index in [2.05, 4.69) is 24.3 Å². The van der Waals surface area contributed by atoms with Crippen LogP contribution in [0.2, 0.25) is 6.82 Å². The second-order valence-corrected chi connectivity index (χ2v) is 13.6. The molecule has 5 nitrogen and oxygen atoms in total. The SMILES string of the molecule is [B][P+](C[C@@H]1C[C@@H](OS(=O)(=O)c2ccc(C)cc2)CN1B(C)O)(c1ccccc1)c1ccccc1. The Labute approximate surface area is 205 Å². The van der Waals surface area contributed by atoms with Gasteiger partial charge >= 0.3 is 14.6 Å². The summed E-state index contributed by atoms with van der Waals surface area (Å²) in [5.74, 6) is 0. The van der Waals surface area contributed by atoms with E-state index in [1.54, 1.807) is 31.1 Å².